The zero-order valence-corrected chi connectivity index (χ0v) is 17.6. The molecule has 0 aromatic heterocycles. The van der Waals surface area contributed by atoms with Crippen molar-refractivity contribution in [2.24, 2.45) is 0 Å². The summed E-state index contributed by atoms with van der Waals surface area (Å²) in [5, 5.41) is 3.02. The lowest BCUT2D eigenvalue weighted by Gasteiger charge is -2.35. The number of hydrogen-bond acceptors (Lipinski definition) is 4. The van der Waals surface area contributed by atoms with Gasteiger partial charge < -0.3 is 16.0 Å². The lowest BCUT2D eigenvalue weighted by Crippen LogP contribution is -2.49. The summed E-state index contributed by atoms with van der Waals surface area (Å²) in [6.45, 7) is -0.218. The van der Waals surface area contributed by atoms with Crippen LogP contribution in [0.5, 0.6) is 0 Å². The quantitative estimate of drug-likeness (QED) is 0.580. The number of rotatable bonds is 3. The predicted octanol–water partition coefficient (Wildman–Crippen LogP) is 2.78. The van der Waals surface area contributed by atoms with Crippen LogP contribution >= 0.6 is 12.4 Å². The number of fused-ring (bicyclic) bond motifs is 1. The molecule has 0 radical (unpaired) electrons. The number of nitrogens with two attached hydrogens (primary N) is 1. The first kappa shape index (κ1) is 21.4. The maximum absolute atomic E-state index is 13.0. The minimum absolute atomic E-state index is 0. The van der Waals surface area contributed by atoms with E-state index in [0.29, 0.717) is 12.8 Å². The molecule has 1 heterocycles. The maximum atomic E-state index is 13.0. The van der Waals surface area contributed by atoms with Crippen LogP contribution in [0.2, 0.25) is 0 Å². The first-order valence-electron chi connectivity index (χ1n) is 10.2. The van der Waals surface area contributed by atoms with E-state index >= 15 is 0 Å². The Labute approximate surface area is 177 Å². The molecule has 0 bridgehead atoms. The molecular weight excluding hydrogens is 392 g/mol. The number of carbonyl (C=O) groups excluding carboxylic acids is 3. The van der Waals surface area contributed by atoms with Crippen LogP contribution in [0, 0.1) is 0 Å². The van der Waals surface area contributed by atoms with Crippen molar-refractivity contribution in [1.29, 1.82) is 0 Å². The lowest BCUT2D eigenvalue weighted by atomic mass is 9.81. The average Bonchev–Trinajstić information content (AvgIpc) is 2.85. The molecule has 158 valence electrons. The van der Waals surface area contributed by atoms with Crippen molar-refractivity contribution in [1.82, 2.24) is 15.1 Å². The van der Waals surface area contributed by atoms with Crippen LogP contribution in [0.1, 0.15) is 62.1 Å². The highest BCUT2D eigenvalue weighted by Crippen LogP contribution is 2.39. The summed E-state index contributed by atoms with van der Waals surface area (Å²) >= 11 is 0. The Balaban J connectivity index is 0.00000240. The maximum Gasteiger partial charge on any atom is 0.327 e. The fourth-order valence-corrected chi connectivity index (χ4v) is 5.04. The van der Waals surface area contributed by atoms with Crippen LogP contribution in [-0.4, -0.2) is 46.8 Å². The number of urea groups is 1. The second-order valence-corrected chi connectivity index (χ2v) is 8.30. The molecule has 1 aromatic carbocycles. The number of aryl methyl sites for hydroxylation is 1. The Morgan fingerprint density at radius 2 is 1.93 bits per heavy atom. The van der Waals surface area contributed by atoms with Gasteiger partial charge in [-0.25, -0.2) is 4.79 Å². The monoisotopic (exact) mass is 420 g/mol. The van der Waals surface area contributed by atoms with Crippen LogP contribution in [0.3, 0.4) is 0 Å². The summed E-state index contributed by atoms with van der Waals surface area (Å²) in [6, 6.07) is 5.30. The standard InChI is InChI=1S/C21H28N4O3.ClH/c1-24-20(28)25(19(27)21(24)10-3-2-4-11-21)13-18(26)23-17-7-5-6-14-12-15(22)8-9-16(14)17;/h8-9,12,17H,2-7,10-11,13,22H2,1H3,(H,23,26);1H. The second kappa shape index (κ2) is 8.22. The molecule has 1 saturated carbocycles. The van der Waals surface area contributed by atoms with E-state index in [2.05, 4.69) is 5.32 Å². The normalized spacial score (nSPS) is 23.0. The Bertz CT molecular complexity index is 822. The van der Waals surface area contributed by atoms with Crippen molar-refractivity contribution in [3.8, 4) is 0 Å². The van der Waals surface area contributed by atoms with Gasteiger partial charge in [0.2, 0.25) is 5.91 Å². The van der Waals surface area contributed by atoms with E-state index < -0.39 is 5.54 Å². The number of imide groups is 1. The third-order valence-electron chi connectivity index (χ3n) is 6.60. The highest BCUT2D eigenvalue weighted by Gasteiger charge is 2.55. The van der Waals surface area contributed by atoms with Crippen molar-refractivity contribution < 1.29 is 14.4 Å². The van der Waals surface area contributed by atoms with Crippen molar-refractivity contribution in [3.63, 3.8) is 0 Å². The molecule has 1 unspecified atom stereocenters. The van der Waals surface area contributed by atoms with Gasteiger partial charge in [-0.05, 0) is 55.4 Å². The molecule has 1 aromatic rings. The lowest BCUT2D eigenvalue weighted by molar-refractivity contribution is -0.137. The van der Waals surface area contributed by atoms with Gasteiger partial charge in [0.25, 0.3) is 5.91 Å². The zero-order valence-electron chi connectivity index (χ0n) is 16.8. The van der Waals surface area contributed by atoms with Crippen molar-refractivity contribution in [3.05, 3.63) is 29.3 Å². The fraction of sp³-hybridized carbons (Fsp3) is 0.571. The van der Waals surface area contributed by atoms with E-state index in [9.17, 15) is 14.4 Å². The number of carbonyl (C=O) groups is 3. The minimum atomic E-state index is -0.745. The number of hydrogen-bond donors (Lipinski definition) is 2. The number of benzene rings is 1. The number of halogens is 1. The van der Waals surface area contributed by atoms with Crippen LogP contribution in [0.15, 0.2) is 18.2 Å². The minimum Gasteiger partial charge on any atom is -0.399 e. The largest absolute Gasteiger partial charge is 0.399 e. The molecule has 3 N–H and O–H groups in total. The van der Waals surface area contributed by atoms with E-state index in [1.54, 1.807) is 11.9 Å². The Morgan fingerprint density at radius 1 is 1.21 bits per heavy atom. The number of nitrogens with one attached hydrogen (secondary N) is 1. The van der Waals surface area contributed by atoms with Gasteiger partial charge in [0, 0.05) is 12.7 Å². The first-order chi connectivity index (χ1) is 13.4. The molecule has 4 amide bonds. The summed E-state index contributed by atoms with van der Waals surface area (Å²) in [4.78, 5) is 41.1. The topological polar surface area (TPSA) is 95.7 Å². The molecule has 1 spiro atoms. The van der Waals surface area contributed by atoms with Crippen LogP contribution in [0.4, 0.5) is 10.5 Å². The van der Waals surface area contributed by atoms with Gasteiger partial charge >= 0.3 is 6.03 Å². The SMILES string of the molecule is CN1C(=O)N(CC(=O)NC2CCCc3cc(N)ccc32)C(=O)C12CCCCC2.Cl. The second-order valence-electron chi connectivity index (χ2n) is 8.30. The molecule has 2 fully saturated rings. The molecule has 2 aliphatic carbocycles. The number of nitrogens with zero attached hydrogens (tertiary/aromatic N) is 2. The average molecular weight is 421 g/mol. The van der Waals surface area contributed by atoms with E-state index in [1.165, 1.54) is 0 Å². The van der Waals surface area contributed by atoms with Gasteiger partial charge in [-0.3, -0.25) is 14.5 Å². The van der Waals surface area contributed by atoms with Crippen LogP contribution in [0.25, 0.3) is 0 Å². The van der Waals surface area contributed by atoms with E-state index in [-0.39, 0.29) is 42.8 Å². The molecule has 3 aliphatic rings. The van der Waals surface area contributed by atoms with E-state index in [1.807, 2.05) is 18.2 Å². The van der Waals surface area contributed by atoms with Crippen LogP contribution < -0.4 is 11.1 Å². The number of amides is 4. The van der Waals surface area contributed by atoms with Gasteiger partial charge in [-0.15, -0.1) is 12.4 Å². The summed E-state index contributed by atoms with van der Waals surface area (Å²) in [6.07, 6.45) is 7.08. The van der Waals surface area contributed by atoms with Gasteiger partial charge in [0.15, 0.2) is 0 Å². The molecule has 8 heteroatoms. The highest BCUT2D eigenvalue weighted by atomic mass is 35.5. The summed E-state index contributed by atoms with van der Waals surface area (Å²) in [7, 11) is 1.69. The summed E-state index contributed by atoms with van der Waals surface area (Å²) < 4.78 is 0. The Hall–Kier alpha value is -2.28. The van der Waals surface area contributed by atoms with Gasteiger partial charge in [-0.2, -0.15) is 0 Å². The van der Waals surface area contributed by atoms with Crippen molar-refractivity contribution >= 4 is 35.9 Å². The molecule has 1 saturated heterocycles. The smallest absolute Gasteiger partial charge is 0.327 e. The highest BCUT2D eigenvalue weighted by molar-refractivity contribution is 6.09. The summed E-state index contributed by atoms with van der Waals surface area (Å²) in [5.74, 6) is -0.510. The number of anilines is 1. The molecule has 4 rings (SSSR count). The van der Waals surface area contributed by atoms with Crippen molar-refractivity contribution in [2.45, 2.75) is 62.9 Å². The fourth-order valence-electron chi connectivity index (χ4n) is 5.04. The van der Waals surface area contributed by atoms with Gasteiger partial charge in [0.1, 0.15) is 12.1 Å². The zero-order chi connectivity index (χ0) is 19.9. The molecule has 1 atom stereocenters. The Kier molecular flexibility index (Phi) is 6.08. The predicted molar refractivity (Wildman–Crippen MR) is 113 cm³/mol. The summed E-state index contributed by atoms with van der Waals surface area (Å²) in [5.41, 5.74) is 8.09. The number of likely N-dealkylation sites (N-methyl/N-ethyl adjacent to an activating group) is 1. The number of nitrogen functional groups attached to an aromatic ring is 1. The third-order valence-corrected chi connectivity index (χ3v) is 6.60. The van der Waals surface area contributed by atoms with E-state index in [0.717, 1.165) is 60.2 Å². The van der Waals surface area contributed by atoms with Gasteiger partial charge in [0.05, 0.1) is 6.04 Å². The Morgan fingerprint density at radius 3 is 2.66 bits per heavy atom. The first-order valence-corrected chi connectivity index (χ1v) is 10.2. The molecular formula is C21H29ClN4O3. The van der Waals surface area contributed by atoms with Crippen LogP contribution in [-0.2, 0) is 16.0 Å². The molecule has 1 aliphatic heterocycles. The molecule has 29 heavy (non-hydrogen) atoms. The van der Waals surface area contributed by atoms with E-state index in [4.69, 9.17) is 5.73 Å². The van der Waals surface area contributed by atoms with Gasteiger partial charge in [-0.1, -0.05) is 25.3 Å². The molecule has 7 nitrogen and oxygen atoms in total. The third kappa shape index (κ3) is 3.68. The van der Waals surface area contributed by atoms with Crippen molar-refractivity contribution in [2.75, 3.05) is 19.3 Å².